The van der Waals surface area contributed by atoms with Crippen molar-refractivity contribution in [3.05, 3.63) is 109 Å². The largest absolute Gasteiger partial charge is 0.462 e. The Balaban J connectivity index is 4.54. The highest BCUT2D eigenvalue weighted by Crippen LogP contribution is 2.13. The molecule has 0 heterocycles. The Morgan fingerprint density at radius 1 is 0.373 bits per heavy atom. The second kappa shape index (κ2) is 46.8. The average Bonchev–Trinajstić information content (AvgIpc) is 3.23. The third-order valence-electron chi connectivity index (χ3n) is 9.43. The molecule has 0 amide bonds. The number of carbonyl (C=O) groups excluding carboxylic acids is 3. The van der Waals surface area contributed by atoms with Crippen molar-refractivity contribution in [3.63, 3.8) is 0 Å². The molecule has 332 valence electrons. The lowest BCUT2D eigenvalue weighted by Gasteiger charge is -2.18. The molecule has 0 radical (unpaired) electrons. The summed E-state index contributed by atoms with van der Waals surface area (Å²) in [5, 5.41) is 0. The standard InChI is InChI=1S/C53H84O6/c1-4-7-10-13-16-19-22-25-26-27-28-29-32-34-37-40-43-46-52(55)58-49-50(59-53(56)47-44-41-38-35-31-24-21-18-15-12-9-6-3)48-57-51(54)45-42-39-36-33-30-23-20-17-14-11-8-5-2/h7,9-10,12-13,16,18-19,21-22,25-29,31-32,35,50H,4-6,8,11,14-15,17,20,23-24,30,33-34,36-49H2,1-3H3/b10-7-,12-9-,16-13-,21-18-,22-19-,26-25-,28-27+,32-29-,35-31-. The van der Waals surface area contributed by atoms with E-state index in [4.69, 9.17) is 14.2 Å². The molecular formula is C53H84O6. The summed E-state index contributed by atoms with van der Waals surface area (Å²) in [6.07, 6.45) is 62.1. The number of ether oxygens (including phenoxy) is 3. The van der Waals surface area contributed by atoms with Crippen LogP contribution < -0.4 is 0 Å². The monoisotopic (exact) mass is 817 g/mol. The molecule has 0 aromatic heterocycles. The van der Waals surface area contributed by atoms with Gasteiger partial charge in [-0.15, -0.1) is 0 Å². The predicted octanol–water partition coefficient (Wildman–Crippen LogP) is 15.2. The van der Waals surface area contributed by atoms with Crippen molar-refractivity contribution in [2.75, 3.05) is 13.2 Å². The van der Waals surface area contributed by atoms with Gasteiger partial charge in [0.05, 0.1) is 0 Å². The number of esters is 3. The first-order valence-electron chi connectivity index (χ1n) is 23.5. The van der Waals surface area contributed by atoms with Crippen molar-refractivity contribution in [2.45, 2.75) is 194 Å². The van der Waals surface area contributed by atoms with Crippen LogP contribution >= 0.6 is 0 Å². The molecule has 1 atom stereocenters. The van der Waals surface area contributed by atoms with Gasteiger partial charge in [-0.3, -0.25) is 14.4 Å². The van der Waals surface area contributed by atoms with Crippen molar-refractivity contribution in [2.24, 2.45) is 0 Å². The summed E-state index contributed by atoms with van der Waals surface area (Å²) in [5.74, 6) is -1.00. The van der Waals surface area contributed by atoms with E-state index >= 15 is 0 Å². The van der Waals surface area contributed by atoms with Gasteiger partial charge in [0, 0.05) is 19.3 Å². The Hall–Kier alpha value is -3.93. The Labute approximate surface area is 361 Å². The van der Waals surface area contributed by atoms with Gasteiger partial charge in [0.2, 0.25) is 0 Å². The Morgan fingerprint density at radius 3 is 1.27 bits per heavy atom. The Bertz CT molecular complexity index is 1260. The summed E-state index contributed by atoms with van der Waals surface area (Å²) in [6.45, 7) is 6.27. The molecule has 0 aromatic rings. The van der Waals surface area contributed by atoms with Gasteiger partial charge in [-0.1, -0.05) is 207 Å². The molecule has 0 aliphatic heterocycles. The van der Waals surface area contributed by atoms with E-state index in [0.29, 0.717) is 19.3 Å². The molecule has 0 N–H and O–H groups in total. The molecule has 0 saturated heterocycles. The van der Waals surface area contributed by atoms with Gasteiger partial charge in [0.1, 0.15) is 13.2 Å². The molecule has 6 heteroatoms. The molecule has 0 spiro atoms. The zero-order valence-corrected chi connectivity index (χ0v) is 37.7. The zero-order chi connectivity index (χ0) is 43.0. The van der Waals surface area contributed by atoms with Gasteiger partial charge < -0.3 is 14.2 Å². The smallest absolute Gasteiger partial charge is 0.306 e. The molecule has 0 rings (SSSR count). The number of allylic oxidation sites excluding steroid dienone is 18. The molecule has 0 aromatic carbocycles. The lowest BCUT2D eigenvalue weighted by Crippen LogP contribution is -2.30. The molecule has 0 saturated carbocycles. The number of hydrogen-bond donors (Lipinski definition) is 0. The van der Waals surface area contributed by atoms with E-state index in [1.807, 2.05) is 60.8 Å². The highest BCUT2D eigenvalue weighted by atomic mass is 16.6. The third-order valence-corrected chi connectivity index (χ3v) is 9.43. The maximum Gasteiger partial charge on any atom is 0.306 e. The second-order valence-corrected chi connectivity index (χ2v) is 15.1. The molecule has 0 aliphatic rings. The van der Waals surface area contributed by atoms with Crippen LogP contribution in [0.4, 0.5) is 0 Å². The summed E-state index contributed by atoms with van der Waals surface area (Å²) in [7, 11) is 0. The van der Waals surface area contributed by atoms with Crippen LogP contribution in [0.3, 0.4) is 0 Å². The van der Waals surface area contributed by atoms with Crippen LogP contribution in [-0.4, -0.2) is 37.2 Å². The van der Waals surface area contributed by atoms with Crippen molar-refractivity contribution in [1.29, 1.82) is 0 Å². The SMILES string of the molecule is CC\C=C/C=C\C=C/C=C\C=C\C=C/CCCCCC(=O)OCC(COC(=O)CCCCCCCCCCCCCC)OC(=O)CCCC/C=C\C/C=C\C/C=C\CC. The molecule has 6 nitrogen and oxygen atoms in total. The third kappa shape index (κ3) is 45.0. The minimum absolute atomic E-state index is 0.109. The van der Waals surface area contributed by atoms with Gasteiger partial charge in [-0.2, -0.15) is 0 Å². The first kappa shape index (κ1) is 55.1. The van der Waals surface area contributed by atoms with Crippen molar-refractivity contribution in [3.8, 4) is 0 Å². The van der Waals surface area contributed by atoms with Crippen molar-refractivity contribution >= 4 is 17.9 Å². The predicted molar refractivity (Wildman–Crippen MR) is 251 cm³/mol. The van der Waals surface area contributed by atoms with Gasteiger partial charge in [0.15, 0.2) is 6.10 Å². The summed E-state index contributed by atoms with van der Waals surface area (Å²) in [4.78, 5) is 37.8. The first-order chi connectivity index (χ1) is 29.0. The molecule has 0 aliphatic carbocycles. The average molecular weight is 817 g/mol. The highest BCUT2D eigenvalue weighted by molar-refractivity contribution is 5.71. The Kier molecular flexibility index (Phi) is 43.6. The van der Waals surface area contributed by atoms with E-state index in [0.717, 1.165) is 83.5 Å². The Morgan fingerprint density at radius 2 is 0.746 bits per heavy atom. The van der Waals surface area contributed by atoms with Crippen LogP contribution in [0.2, 0.25) is 0 Å². The van der Waals surface area contributed by atoms with Crippen molar-refractivity contribution < 1.29 is 28.6 Å². The van der Waals surface area contributed by atoms with E-state index < -0.39 is 6.10 Å². The fraction of sp³-hybridized carbons (Fsp3) is 0.604. The van der Waals surface area contributed by atoms with Gasteiger partial charge in [-0.05, 0) is 70.6 Å². The van der Waals surface area contributed by atoms with Crippen molar-refractivity contribution in [1.82, 2.24) is 0 Å². The summed E-state index contributed by atoms with van der Waals surface area (Å²) in [6, 6.07) is 0. The second-order valence-electron chi connectivity index (χ2n) is 15.1. The van der Waals surface area contributed by atoms with Gasteiger partial charge in [0.25, 0.3) is 0 Å². The molecule has 59 heavy (non-hydrogen) atoms. The number of rotatable bonds is 40. The van der Waals surface area contributed by atoms with Crippen LogP contribution in [0.1, 0.15) is 188 Å². The maximum absolute atomic E-state index is 12.7. The fourth-order valence-electron chi connectivity index (χ4n) is 5.96. The van der Waals surface area contributed by atoms with E-state index in [1.54, 1.807) is 0 Å². The van der Waals surface area contributed by atoms with E-state index in [1.165, 1.54) is 57.8 Å². The summed E-state index contributed by atoms with van der Waals surface area (Å²) >= 11 is 0. The van der Waals surface area contributed by atoms with Crippen LogP contribution in [0.5, 0.6) is 0 Å². The lowest BCUT2D eigenvalue weighted by atomic mass is 10.0. The minimum atomic E-state index is -0.815. The molecule has 0 bridgehead atoms. The van der Waals surface area contributed by atoms with Gasteiger partial charge in [-0.25, -0.2) is 0 Å². The van der Waals surface area contributed by atoms with E-state index in [9.17, 15) is 14.4 Å². The minimum Gasteiger partial charge on any atom is -0.462 e. The first-order valence-corrected chi connectivity index (χ1v) is 23.5. The maximum atomic E-state index is 12.7. The molecule has 1 unspecified atom stereocenters. The summed E-state index contributed by atoms with van der Waals surface area (Å²) in [5.41, 5.74) is 0. The number of unbranched alkanes of at least 4 members (excludes halogenated alkanes) is 16. The number of hydrogen-bond acceptors (Lipinski definition) is 6. The normalized spacial score (nSPS) is 13.1. The lowest BCUT2D eigenvalue weighted by molar-refractivity contribution is -0.167. The van der Waals surface area contributed by atoms with Crippen LogP contribution in [0, 0.1) is 0 Å². The van der Waals surface area contributed by atoms with Gasteiger partial charge >= 0.3 is 17.9 Å². The summed E-state index contributed by atoms with van der Waals surface area (Å²) < 4.78 is 16.7. The molecule has 0 fully saturated rings. The number of carbonyl (C=O) groups is 3. The molecular weight excluding hydrogens is 733 g/mol. The van der Waals surface area contributed by atoms with E-state index in [-0.39, 0.29) is 37.5 Å². The fourth-order valence-corrected chi connectivity index (χ4v) is 5.96. The van der Waals surface area contributed by atoms with Crippen LogP contribution in [0.25, 0.3) is 0 Å². The topological polar surface area (TPSA) is 78.9 Å². The quantitative estimate of drug-likeness (QED) is 0.0201. The van der Waals surface area contributed by atoms with Crippen LogP contribution in [0.15, 0.2) is 109 Å². The highest BCUT2D eigenvalue weighted by Gasteiger charge is 2.19. The zero-order valence-electron chi connectivity index (χ0n) is 37.7. The van der Waals surface area contributed by atoms with Crippen LogP contribution in [-0.2, 0) is 28.6 Å². The van der Waals surface area contributed by atoms with E-state index in [2.05, 4.69) is 69.4 Å².